The van der Waals surface area contributed by atoms with Crippen molar-refractivity contribution in [2.75, 3.05) is 25.6 Å². The summed E-state index contributed by atoms with van der Waals surface area (Å²) in [6.07, 6.45) is 3.35. The number of benzene rings is 1. The fourth-order valence-electron chi connectivity index (χ4n) is 2.05. The van der Waals surface area contributed by atoms with Crippen molar-refractivity contribution in [1.29, 1.82) is 0 Å². The largest absolute Gasteiger partial charge is 0.497 e. The number of anilines is 1. The minimum Gasteiger partial charge on any atom is -0.497 e. The molecule has 0 amide bonds. The van der Waals surface area contributed by atoms with Gasteiger partial charge in [-0.25, -0.2) is 0 Å². The van der Waals surface area contributed by atoms with E-state index in [0.717, 1.165) is 48.4 Å². The Kier molecular flexibility index (Phi) is 4.68. The van der Waals surface area contributed by atoms with Gasteiger partial charge >= 0.3 is 0 Å². The summed E-state index contributed by atoms with van der Waals surface area (Å²) in [6, 6.07) is 6.56. The van der Waals surface area contributed by atoms with Gasteiger partial charge in [-0.15, -0.1) is 0 Å². The molecule has 0 radical (unpaired) electrons. The molecule has 1 atom stereocenters. The SMILES string of the molecule is COc1cc(Br)cc(NC2CCCOCC2)c1. The second-order valence-corrected chi connectivity index (χ2v) is 5.18. The van der Waals surface area contributed by atoms with E-state index in [1.54, 1.807) is 7.11 Å². The van der Waals surface area contributed by atoms with Crippen molar-refractivity contribution in [3.63, 3.8) is 0 Å². The Balaban J connectivity index is 2.03. The molecule has 0 aromatic heterocycles. The summed E-state index contributed by atoms with van der Waals surface area (Å²) in [5.74, 6) is 0.867. The highest BCUT2D eigenvalue weighted by Crippen LogP contribution is 2.26. The molecule has 4 heteroatoms. The quantitative estimate of drug-likeness (QED) is 0.927. The van der Waals surface area contributed by atoms with Crippen LogP contribution in [0.25, 0.3) is 0 Å². The van der Waals surface area contributed by atoms with E-state index in [-0.39, 0.29) is 0 Å². The molecule has 0 spiro atoms. The van der Waals surface area contributed by atoms with Crippen LogP contribution in [0.5, 0.6) is 5.75 Å². The molecule has 1 aromatic rings. The number of hydrogen-bond acceptors (Lipinski definition) is 3. The molecule has 17 heavy (non-hydrogen) atoms. The lowest BCUT2D eigenvalue weighted by Gasteiger charge is -2.17. The first-order valence-electron chi connectivity index (χ1n) is 5.97. The number of halogens is 1. The molecule has 1 fully saturated rings. The summed E-state index contributed by atoms with van der Waals surface area (Å²) in [5.41, 5.74) is 1.10. The number of hydrogen-bond donors (Lipinski definition) is 1. The van der Waals surface area contributed by atoms with Crippen molar-refractivity contribution in [2.24, 2.45) is 0 Å². The van der Waals surface area contributed by atoms with Gasteiger partial charge in [0, 0.05) is 35.5 Å². The van der Waals surface area contributed by atoms with Gasteiger partial charge < -0.3 is 14.8 Å². The predicted octanol–water partition coefficient (Wildman–Crippen LogP) is 3.44. The first kappa shape index (κ1) is 12.7. The van der Waals surface area contributed by atoms with Gasteiger partial charge in [0.05, 0.1) is 7.11 Å². The van der Waals surface area contributed by atoms with Crippen LogP contribution in [-0.2, 0) is 4.74 Å². The topological polar surface area (TPSA) is 30.5 Å². The fraction of sp³-hybridized carbons (Fsp3) is 0.538. The third-order valence-electron chi connectivity index (χ3n) is 2.93. The first-order valence-corrected chi connectivity index (χ1v) is 6.76. The van der Waals surface area contributed by atoms with Crippen molar-refractivity contribution >= 4 is 21.6 Å². The van der Waals surface area contributed by atoms with Gasteiger partial charge in [-0.3, -0.25) is 0 Å². The van der Waals surface area contributed by atoms with Gasteiger partial charge in [-0.1, -0.05) is 15.9 Å². The lowest BCUT2D eigenvalue weighted by atomic mass is 10.1. The van der Waals surface area contributed by atoms with Gasteiger partial charge in [0.1, 0.15) is 5.75 Å². The summed E-state index contributed by atoms with van der Waals surface area (Å²) >= 11 is 3.49. The Morgan fingerprint density at radius 2 is 2.18 bits per heavy atom. The molecule has 1 aliphatic heterocycles. The van der Waals surface area contributed by atoms with Gasteiger partial charge in [-0.2, -0.15) is 0 Å². The fourth-order valence-corrected chi connectivity index (χ4v) is 2.52. The van der Waals surface area contributed by atoms with E-state index < -0.39 is 0 Å². The van der Waals surface area contributed by atoms with E-state index in [4.69, 9.17) is 9.47 Å². The molecule has 0 saturated carbocycles. The number of ether oxygens (including phenoxy) is 2. The Morgan fingerprint density at radius 1 is 1.29 bits per heavy atom. The average Bonchev–Trinajstić information content (AvgIpc) is 2.57. The first-order chi connectivity index (χ1) is 8.28. The maximum atomic E-state index is 5.46. The molecular formula is C13H18BrNO2. The molecular weight excluding hydrogens is 282 g/mol. The van der Waals surface area contributed by atoms with Crippen molar-refractivity contribution in [1.82, 2.24) is 0 Å². The second-order valence-electron chi connectivity index (χ2n) is 4.26. The monoisotopic (exact) mass is 299 g/mol. The predicted molar refractivity (Wildman–Crippen MR) is 72.8 cm³/mol. The second kappa shape index (κ2) is 6.26. The lowest BCUT2D eigenvalue weighted by Crippen LogP contribution is -2.19. The normalized spacial score (nSPS) is 20.7. The molecule has 1 heterocycles. The standard InChI is InChI=1S/C13H18BrNO2/c1-16-13-8-10(14)7-12(9-13)15-11-3-2-5-17-6-4-11/h7-9,11,15H,2-6H2,1H3. The van der Waals surface area contributed by atoms with Crippen LogP contribution >= 0.6 is 15.9 Å². The highest BCUT2D eigenvalue weighted by Gasteiger charge is 2.12. The molecule has 0 bridgehead atoms. The van der Waals surface area contributed by atoms with Crippen LogP contribution in [0, 0.1) is 0 Å². The minimum atomic E-state index is 0.497. The highest BCUT2D eigenvalue weighted by atomic mass is 79.9. The van der Waals surface area contributed by atoms with E-state index >= 15 is 0 Å². The third kappa shape index (κ3) is 3.89. The highest BCUT2D eigenvalue weighted by molar-refractivity contribution is 9.10. The van der Waals surface area contributed by atoms with Crippen LogP contribution in [0.2, 0.25) is 0 Å². The molecule has 0 aliphatic carbocycles. The zero-order valence-corrected chi connectivity index (χ0v) is 11.6. The molecule has 1 saturated heterocycles. The number of nitrogens with one attached hydrogen (secondary N) is 1. The van der Waals surface area contributed by atoms with Crippen molar-refractivity contribution in [3.05, 3.63) is 22.7 Å². The van der Waals surface area contributed by atoms with Crippen LogP contribution in [0.3, 0.4) is 0 Å². The van der Waals surface area contributed by atoms with E-state index in [0.29, 0.717) is 6.04 Å². The van der Waals surface area contributed by atoms with Crippen LogP contribution in [0.4, 0.5) is 5.69 Å². The molecule has 1 aromatic carbocycles. The van der Waals surface area contributed by atoms with Gasteiger partial charge in [0.25, 0.3) is 0 Å². The van der Waals surface area contributed by atoms with E-state index in [9.17, 15) is 0 Å². The summed E-state index contributed by atoms with van der Waals surface area (Å²) in [7, 11) is 1.69. The molecule has 94 valence electrons. The van der Waals surface area contributed by atoms with Crippen molar-refractivity contribution in [3.8, 4) is 5.75 Å². The van der Waals surface area contributed by atoms with Gasteiger partial charge in [0.15, 0.2) is 0 Å². The van der Waals surface area contributed by atoms with E-state index in [1.807, 2.05) is 12.1 Å². The molecule has 1 N–H and O–H groups in total. The van der Waals surface area contributed by atoms with Crippen LogP contribution in [0.15, 0.2) is 22.7 Å². The molecule has 3 nitrogen and oxygen atoms in total. The van der Waals surface area contributed by atoms with Crippen molar-refractivity contribution < 1.29 is 9.47 Å². The molecule has 1 aliphatic rings. The van der Waals surface area contributed by atoms with E-state index in [2.05, 4.69) is 27.3 Å². The number of rotatable bonds is 3. The summed E-state index contributed by atoms with van der Waals surface area (Å²) in [6.45, 7) is 1.74. The summed E-state index contributed by atoms with van der Waals surface area (Å²) in [4.78, 5) is 0. The molecule has 2 rings (SSSR count). The lowest BCUT2D eigenvalue weighted by molar-refractivity contribution is 0.144. The van der Waals surface area contributed by atoms with Crippen LogP contribution in [-0.4, -0.2) is 26.4 Å². The Bertz CT molecular complexity index is 362. The molecule has 1 unspecified atom stereocenters. The number of methoxy groups -OCH3 is 1. The Hall–Kier alpha value is -0.740. The average molecular weight is 300 g/mol. The van der Waals surface area contributed by atoms with Gasteiger partial charge in [-0.05, 0) is 31.4 Å². The smallest absolute Gasteiger partial charge is 0.122 e. The summed E-state index contributed by atoms with van der Waals surface area (Å²) < 4.78 is 11.7. The van der Waals surface area contributed by atoms with Crippen LogP contribution in [0.1, 0.15) is 19.3 Å². The van der Waals surface area contributed by atoms with Crippen molar-refractivity contribution in [2.45, 2.75) is 25.3 Å². The summed E-state index contributed by atoms with van der Waals surface area (Å²) in [5, 5.41) is 3.55. The minimum absolute atomic E-state index is 0.497. The Labute approximate surface area is 111 Å². The Morgan fingerprint density at radius 3 is 3.00 bits per heavy atom. The zero-order chi connectivity index (χ0) is 12.1. The maximum absolute atomic E-state index is 5.46. The van der Waals surface area contributed by atoms with E-state index in [1.165, 1.54) is 0 Å². The third-order valence-corrected chi connectivity index (χ3v) is 3.39. The maximum Gasteiger partial charge on any atom is 0.122 e. The van der Waals surface area contributed by atoms with Crippen LogP contribution < -0.4 is 10.1 Å². The van der Waals surface area contributed by atoms with Gasteiger partial charge in [0.2, 0.25) is 0 Å². The zero-order valence-electron chi connectivity index (χ0n) is 10.0.